The quantitative estimate of drug-likeness (QED) is 0.753. The van der Waals surface area contributed by atoms with Gasteiger partial charge in [0.15, 0.2) is 0 Å². The average Bonchev–Trinajstić information content (AvgIpc) is 3.23. The van der Waals surface area contributed by atoms with Gasteiger partial charge < -0.3 is 10.4 Å². The van der Waals surface area contributed by atoms with Crippen LogP contribution in [0.25, 0.3) is 0 Å². The molecule has 27 heavy (non-hydrogen) atoms. The van der Waals surface area contributed by atoms with Crippen LogP contribution in [0.1, 0.15) is 31.5 Å². The van der Waals surface area contributed by atoms with Crippen molar-refractivity contribution < 1.29 is 0 Å². The van der Waals surface area contributed by atoms with E-state index in [0.29, 0.717) is 6.04 Å². The molecular formula is C21H30N6. The van der Waals surface area contributed by atoms with Crippen LogP contribution >= 0.6 is 0 Å². The third-order valence-electron chi connectivity index (χ3n) is 5.82. The van der Waals surface area contributed by atoms with E-state index in [2.05, 4.69) is 63.4 Å². The predicted octanol–water partition coefficient (Wildman–Crippen LogP) is 2.20. The summed E-state index contributed by atoms with van der Waals surface area (Å²) in [5.74, 6) is 0. The highest BCUT2D eigenvalue weighted by Crippen LogP contribution is 2.28. The van der Waals surface area contributed by atoms with Gasteiger partial charge in [0.2, 0.25) is 0 Å². The van der Waals surface area contributed by atoms with Gasteiger partial charge in [-0.25, -0.2) is 10.4 Å². The van der Waals surface area contributed by atoms with Gasteiger partial charge in [0, 0.05) is 50.8 Å². The number of fused-ring (bicyclic) bond motifs is 1. The predicted molar refractivity (Wildman–Crippen MR) is 108 cm³/mol. The molecule has 6 heteroatoms. The van der Waals surface area contributed by atoms with Crippen LogP contribution in [-0.2, 0) is 0 Å². The zero-order valence-corrected chi connectivity index (χ0v) is 16.4. The second-order valence-corrected chi connectivity index (χ2v) is 7.63. The first kappa shape index (κ1) is 18.2. The molecular weight excluding hydrogens is 336 g/mol. The second kappa shape index (κ2) is 7.84. The second-order valence-electron chi connectivity index (χ2n) is 7.63. The lowest BCUT2D eigenvalue weighted by Gasteiger charge is -2.37. The number of hydrazine groups is 2. The lowest BCUT2D eigenvalue weighted by molar-refractivity contribution is 0.115. The topological polar surface area (TPSA) is 46.7 Å². The van der Waals surface area contributed by atoms with Crippen molar-refractivity contribution in [3.63, 3.8) is 0 Å². The Morgan fingerprint density at radius 1 is 1.33 bits per heavy atom. The SMILES string of the molecule is C=CCCC1=C(C)C(CN2CCN3NC(c4ccccn4)C=C3C2)N(C)N1. The summed E-state index contributed by atoms with van der Waals surface area (Å²) in [7, 11) is 2.15. The van der Waals surface area contributed by atoms with Crippen molar-refractivity contribution in [3.05, 3.63) is 65.8 Å². The molecule has 1 aromatic heterocycles. The molecule has 0 spiro atoms. The fourth-order valence-electron chi connectivity index (χ4n) is 4.21. The van der Waals surface area contributed by atoms with Crippen LogP contribution in [0, 0.1) is 0 Å². The largest absolute Gasteiger partial charge is 0.323 e. The molecule has 0 bridgehead atoms. The summed E-state index contributed by atoms with van der Waals surface area (Å²) in [6, 6.07) is 6.71. The number of hydrogen-bond acceptors (Lipinski definition) is 6. The minimum Gasteiger partial charge on any atom is -0.323 e. The maximum atomic E-state index is 4.50. The van der Waals surface area contributed by atoms with Crippen LogP contribution in [0.2, 0.25) is 0 Å². The van der Waals surface area contributed by atoms with E-state index in [4.69, 9.17) is 0 Å². The maximum Gasteiger partial charge on any atom is 0.0884 e. The molecule has 3 aliphatic rings. The Morgan fingerprint density at radius 3 is 3.00 bits per heavy atom. The number of aromatic nitrogens is 1. The molecule has 1 saturated heterocycles. The normalized spacial score (nSPS) is 26.1. The molecule has 1 fully saturated rings. The molecule has 4 heterocycles. The Hall–Kier alpha value is -2.15. The highest BCUT2D eigenvalue weighted by molar-refractivity contribution is 5.25. The summed E-state index contributed by atoms with van der Waals surface area (Å²) in [5, 5.41) is 4.56. The number of nitrogens with zero attached hydrogens (tertiary/aromatic N) is 4. The van der Waals surface area contributed by atoms with Crippen molar-refractivity contribution >= 4 is 0 Å². The molecule has 0 aliphatic carbocycles. The van der Waals surface area contributed by atoms with Crippen molar-refractivity contribution in [2.24, 2.45) is 0 Å². The molecule has 1 aromatic rings. The van der Waals surface area contributed by atoms with Crippen LogP contribution in [0.3, 0.4) is 0 Å². The Morgan fingerprint density at radius 2 is 2.22 bits per heavy atom. The number of pyridine rings is 1. The first-order chi connectivity index (χ1) is 13.2. The fourth-order valence-corrected chi connectivity index (χ4v) is 4.21. The third-order valence-corrected chi connectivity index (χ3v) is 5.82. The van der Waals surface area contributed by atoms with Crippen LogP contribution in [0.5, 0.6) is 0 Å². The average molecular weight is 367 g/mol. The van der Waals surface area contributed by atoms with Gasteiger partial charge in [-0.1, -0.05) is 12.1 Å². The van der Waals surface area contributed by atoms with E-state index in [1.54, 1.807) is 0 Å². The highest BCUT2D eigenvalue weighted by Gasteiger charge is 2.33. The van der Waals surface area contributed by atoms with E-state index < -0.39 is 0 Å². The smallest absolute Gasteiger partial charge is 0.0884 e. The Kier molecular flexibility index (Phi) is 5.29. The Labute approximate surface area is 162 Å². The van der Waals surface area contributed by atoms with E-state index in [9.17, 15) is 0 Å². The first-order valence-electron chi connectivity index (χ1n) is 9.83. The number of rotatable bonds is 6. The van der Waals surface area contributed by atoms with Crippen molar-refractivity contribution in [2.75, 3.05) is 33.2 Å². The summed E-state index contributed by atoms with van der Waals surface area (Å²) in [6.45, 7) is 10.2. The molecule has 3 aliphatic heterocycles. The van der Waals surface area contributed by atoms with Crippen molar-refractivity contribution in [1.82, 2.24) is 30.8 Å². The van der Waals surface area contributed by atoms with Crippen LogP contribution in [0.15, 0.2) is 60.1 Å². The highest BCUT2D eigenvalue weighted by atomic mass is 15.6. The first-order valence-corrected chi connectivity index (χ1v) is 9.83. The summed E-state index contributed by atoms with van der Waals surface area (Å²) >= 11 is 0. The zero-order chi connectivity index (χ0) is 18.8. The van der Waals surface area contributed by atoms with E-state index in [0.717, 1.165) is 44.7 Å². The van der Waals surface area contributed by atoms with Crippen molar-refractivity contribution in [2.45, 2.75) is 31.8 Å². The monoisotopic (exact) mass is 366 g/mol. The number of likely N-dealkylation sites (N-methyl/N-ethyl adjacent to an activating group) is 1. The molecule has 0 saturated carbocycles. The number of hydrogen-bond donors (Lipinski definition) is 2. The fraction of sp³-hybridized carbons (Fsp3) is 0.476. The van der Waals surface area contributed by atoms with Crippen LogP contribution in [0.4, 0.5) is 0 Å². The van der Waals surface area contributed by atoms with Gasteiger partial charge in [-0.15, -0.1) is 6.58 Å². The zero-order valence-electron chi connectivity index (χ0n) is 16.4. The van der Waals surface area contributed by atoms with Crippen molar-refractivity contribution in [3.8, 4) is 0 Å². The lowest BCUT2D eigenvalue weighted by Crippen LogP contribution is -2.51. The van der Waals surface area contributed by atoms with E-state index in [-0.39, 0.29) is 6.04 Å². The molecule has 4 rings (SSSR count). The molecule has 0 amide bonds. The molecule has 6 nitrogen and oxygen atoms in total. The van der Waals surface area contributed by atoms with Crippen LogP contribution in [-0.4, -0.2) is 59.2 Å². The Bertz CT molecular complexity index is 740. The molecule has 2 unspecified atom stereocenters. The summed E-state index contributed by atoms with van der Waals surface area (Å²) in [6.07, 6.45) is 8.24. The third kappa shape index (κ3) is 3.78. The summed E-state index contributed by atoms with van der Waals surface area (Å²) in [5.41, 5.74) is 12.4. The number of nitrogens with one attached hydrogen (secondary N) is 2. The van der Waals surface area contributed by atoms with Gasteiger partial charge in [-0.3, -0.25) is 9.88 Å². The summed E-state index contributed by atoms with van der Waals surface area (Å²) in [4.78, 5) is 7.06. The molecule has 2 N–H and O–H groups in total. The lowest BCUT2D eigenvalue weighted by atomic mass is 10.0. The van der Waals surface area contributed by atoms with E-state index in [1.165, 1.54) is 17.0 Å². The summed E-state index contributed by atoms with van der Waals surface area (Å²) < 4.78 is 0. The maximum absolute atomic E-state index is 4.50. The van der Waals surface area contributed by atoms with Gasteiger partial charge in [0.05, 0.1) is 17.8 Å². The van der Waals surface area contributed by atoms with Gasteiger partial charge in [-0.2, -0.15) is 0 Å². The molecule has 0 aromatic carbocycles. The van der Waals surface area contributed by atoms with E-state index in [1.807, 2.05) is 24.4 Å². The minimum absolute atomic E-state index is 0.184. The standard InChI is InChI=1S/C21H30N6/c1-4-5-8-18-16(2)21(25(3)23-18)15-26-11-12-27-17(14-26)13-20(24-27)19-9-6-7-10-22-19/h4,6-7,9-10,13,20-21,23-24H,1,5,8,11-12,14-15H2,2-3H3. The van der Waals surface area contributed by atoms with Gasteiger partial charge in [0.25, 0.3) is 0 Å². The number of allylic oxidation sites excluding steroid dienone is 2. The van der Waals surface area contributed by atoms with Gasteiger partial charge in [0.1, 0.15) is 0 Å². The molecule has 144 valence electrons. The van der Waals surface area contributed by atoms with Crippen LogP contribution < -0.4 is 10.9 Å². The number of piperazine rings is 1. The molecule has 2 atom stereocenters. The minimum atomic E-state index is 0.184. The molecule has 0 radical (unpaired) electrons. The van der Waals surface area contributed by atoms with Crippen molar-refractivity contribution in [1.29, 1.82) is 0 Å². The van der Waals surface area contributed by atoms with Gasteiger partial charge in [-0.05, 0) is 43.5 Å². The Balaban J connectivity index is 1.40. The van der Waals surface area contributed by atoms with Gasteiger partial charge >= 0.3 is 0 Å². The van der Waals surface area contributed by atoms with E-state index >= 15 is 0 Å².